The maximum absolute atomic E-state index is 4.51. The van der Waals surface area contributed by atoms with Gasteiger partial charge in [-0.25, -0.2) is 9.98 Å². The Morgan fingerprint density at radius 3 is 2.88 bits per heavy atom. The second-order valence-corrected chi connectivity index (χ2v) is 5.15. The van der Waals surface area contributed by atoms with Crippen molar-refractivity contribution in [1.29, 1.82) is 0 Å². The third-order valence-electron chi connectivity index (χ3n) is 2.36. The molecule has 0 aromatic carbocycles. The highest BCUT2D eigenvalue weighted by Crippen LogP contribution is 2.34. The van der Waals surface area contributed by atoms with E-state index in [-0.39, 0.29) is 0 Å². The molecule has 1 aromatic rings. The van der Waals surface area contributed by atoms with Gasteiger partial charge in [0.25, 0.3) is 0 Å². The molecular formula is C13H15N3S. The van der Waals surface area contributed by atoms with E-state index in [9.17, 15) is 0 Å². The van der Waals surface area contributed by atoms with Gasteiger partial charge >= 0.3 is 0 Å². The van der Waals surface area contributed by atoms with Gasteiger partial charge in [0.05, 0.1) is 10.7 Å². The Balaban J connectivity index is 2.23. The van der Waals surface area contributed by atoms with E-state index in [0.717, 1.165) is 28.7 Å². The Morgan fingerprint density at radius 1 is 1.47 bits per heavy atom. The predicted molar refractivity (Wildman–Crippen MR) is 73.9 cm³/mol. The summed E-state index contributed by atoms with van der Waals surface area (Å²) in [5, 5.41) is 1.08. The van der Waals surface area contributed by atoms with E-state index < -0.39 is 0 Å². The number of allylic oxidation sites excluding steroid dienone is 1. The minimum atomic E-state index is 0.762. The molecule has 0 amide bonds. The molecule has 3 nitrogen and oxygen atoms in total. The van der Waals surface area contributed by atoms with Crippen LogP contribution in [0.2, 0.25) is 0 Å². The summed E-state index contributed by atoms with van der Waals surface area (Å²) in [5.74, 6) is 0.762. The van der Waals surface area contributed by atoms with Crippen molar-refractivity contribution < 1.29 is 0 Å². The van der Waals surface area contributed by atoms with Crippen LogP contribution in [0.4, 0.5) is 0 Å². The zero-order valence-corrected chi connectivity index (χ0v) is 11.1. The summed E-state index contributed by atoms with van der Waals surface area (Å²) >= 11 is 1.70. The van der Waals surface area contributed by atoms with Crippen molar-refractivity contribution >= 4 is 22.6 Å². The first-order valence-corrected chi connectivity index (χ1v) is 6.28. The first-order chi connectivity index (χ1) is 8.06. The van der Waals surface area contributed by atoms with Crippen LogP contribution >= 0.6 is 11.8 Å². The molecule has 1 aliphatic heterocycles. The fraction of sp³-hybridized carbons (Fsp3) is 0.308. The third kappa shape index (κ3) is 2.82. The number of rotatable bonds is 1. The summed E-state index contributed by atoms with van der Waals surface area (Å²) in [7, 11) is 0. The largest absolute Gasteiger partial charge is 0.260 e. The molecule has 0 atom stereocenters. The lowest BCUT2D eigenvalue weighted by molar-refractivity contribution is 1.07. The monoisotopic (exact) mass is 245 g/mol. The van der Waals surface area contributed by atoms with Crippen molar-refractivity contribution in [2.75, 3.05) is 0 Å². The molecule has 2 heterocycles. The standard InChI is InChI=1S/C13H15N3S/c1-8(2)15-10(4)16-12-7-11-5-6-14-9(3)13(11)17-12/h5-6H,1,7H2,2-4H3. The number of fused-ring (bicyclic) bond motifs is 1. The van der Waals surface area contributed by atoms with Crippen molar-refractivity contribution in [2.24, 2.45) is 9.98 Å². The lowest BCUT2D eigenvalue weighted by Gasteiger charge is -1.98. The number of pyridine rings is 1. The minimum absolute atomic E-state index is 0.762. The summed E-state index contributed by atoms with van der Waals surface area (Å²) in [6, 6.07) is 2.06. The maximum Gasteiger partial charge on any atom is 0.126 e. The van der Waals surface area contributed by atoms with Crippen LogP contribution in [0.15, 0.2) is 39.4 Å². The number of aliphatic imine (C=N–C) groups is 2. The fourth-order valence-electron chi connectivity index (χ4n) is 1.75. The van der Waals surface area contributed by atoms with E-state index in [1.54, 1.807) is 11.8 Å². The number of nitrogens with zero attached hydrogens (tertiary/aromatic N) is 3. The van der Waals surface area contributed by atoms with Gasteiger partial charge in [-0.1, -0.05) is 18.3 Å². The summed E-state index contributed by atoms with van der Waals surface area (Å²) in [5.41, 5.74) is 3.17. The Kier molecular flexibility index (Phi) is 3.43. The molecule has 0 fully saturated rings. The first-order valence-electron chi connectivity index (χ1n) is 5.47. The molecule has 4 heteroatoms. The molecule has 0 unspecified atom stereocenters. The summed E-state index contributed by atoms with van der Waals surface area (Å²) < 4.78 is 0. The number of aryl methyl sites for hydroxylation is 1. The van der Waals surface area contributed by atoms with Crippen LogP contribution in [-0.2, 0) is 6.42 Å². The topological polar surface area (TPSA) is 37.6 Å². The van der Waals surface area contributed by atoms with Crippen LogP contribution in [0.5, 0.6) is 0 Å². The zero-order chi connectivity index (χ0) is 12.4. The van der Waals surface area contributed by atoms with Gasteiger partial charge in [0.1, 0.15) is 5.84 Å². The van der Waals surface area contributed by atoms with Gasteiger partial charge in [0.15, 0.2) is 0 Å². The molecule has 0 aliphatic carbocycles. The first kappa shape index (κ1) is 12.0. The van der Waals surface area contributed by atoms with E-state index in [0.29, 0.717) is 0 Å². The molecule has 1 aliphatic rings. The van der Waals surface area contributed by atoms with Crippen molar-refractivity contribution in [1.82, 2.24) is 4.98 Å². The quantitative estimate of drug-likeness (QED) is 0.562. The molecule has 0 radical (unpaired) electrons. The van der Waals surface area contributed by atoms with Crippen molar-refractivity contribution in [2.45, 2.75) is 32.1 Å². The van der Waals surface area contributed by atoms with Gasteiger partial charge < -0.3 is 0 Å². The van der Waals surface area contributed by atoms with Crippen LogP contribution < -0.4 is 0 Å². The average molecular weight is 245 g/mol. The van der Waals surface area contributed by atoms with Crippen LogP contribution in [0.1, 0.15) is 25.1 Å². The van der Waals surface area contributed by atoms with Crippen LogP contribution in [0.25, 0.3) is 0 Å². The summed E-state index contributed by atoms with van der Waals surface area (Å²) in [4.78, 5) is 14.3. The molecule has 1 aromatic heterocycles. The highest BCUT2D eigenvalue weighted by Gasteiger charge is 2.20. The number of thioether (sulfide) groups is 1. The van der Waals surface area contributed by atoms with Gasteiger partial charge in [0, 0.05) is 23.2 Å². The molecule has 0 bridgehead atoms. The Morgan fingerprint density at radius 2 is 2.24 bits per heavy atom. The number of hydrogen-bond acceptors (Lipinski definition) is 3. The smallest absolute Gasteiger partial charge is 0.126 e. The normalized spacial score (nSPS) is 17.4. The van der Waals surface area contributed by atoms with Crippen molar-refractivity contribution in [3.05, 3.63) is 35.8 Å². The highest BCUT2D eigenvalue weighted by atomic mass is 32.2. The van der Waals surface area contributed by atoms with Gasteiger partial charge in [-0.2, -0.15) is 0 Å². The predicted octanol–water partition coefficient (Wildman–Crippen LogP) is 3.39. The SMILES string of the molecule is C=C(C)N=C(C)N=C1Cc2ccnc(C)c2S1. The van der Waals surface area contributed by atoms with E-state index in [4.69, 9.17) is 0 Å². The highest BCUT2D eigenvalue weighted by molar-refractivity contribution is 8.14. The van der Waals surface area contributed by atoms with Gasteiger partial charge in [-0.05, 0) is 32.4 Å². The summed E-state index contributed by atoms with van der Waals surface area (Å²) in [6.07, 6.45) is 2.74. The van der Waals surface area contributed by atoms with E-state index in [1.807, 2.05) is 27.0 Å². The second-order valence-electron chi connectivity index (χ2n) is 4.06. The molecule has 0 saturated carbocycles. The molecule has 17 heavy (non-hydrogen) atoms. The van der Waals surface area contributed by atoms with Gasteiger partial charge in [-0.15, -0.1) is 0 Å². The average Bonchev–Trinajstić information content (AvgIpc) is 2.60. The maximum atomic E-state index is 4.51. The number of amidine groups is 1. The molecule has 0 spiro atoms. The zero-order valence-electron chi connectivity index (χ0n) is 10.3. The van der Waals surface area contributed by atoms with Crippen molar-refractivity contribution in [3.63, 3.8) is 0 Å². The molecule has 0 saturated heterocycles. The Labute approximate surface area is 106 Å². The van der Waals surface area contributed by atoms with Crippen molar-refractivity contribution in [3.8, 4) is 0 Å². The molecular weight excluding hydrogens is 230 g/mol. The summed E-state index contributed by atoms with van der Waals surface area (Å²) in [6.45, 7) is 9.55. The van der Waals surface area contributed by atoms with E-state index in [1.165, 1.54) is 10.5 Å². The Hall–Kier alpha value is -1.42. The second kappa shape index (κ2) is 4.84. The number of aromatic nitrogens is 1. The molecule has 88 valence electrons. The third-order valence-corrected chi connectivity index (χ3v) is 3.60. The van der Waals surface area contributed by atoms with E-state index >= 15 is 0 Å². The molecule has 0 N–H and O–H groups in total. The fourth-order valence-corrected chi connectivity index (χ4v) is 2.86. The number of hydrogen-bond donors (Lipinski definition) is 0. The van der Waals surface area contributed by atoms with Crippen LogP contribution in [-0.4, -0.2) is 15.9 Å². The lowest BCUT2D eigenvalue weighted by Crippen LogP contribution is -1.95. The minimum Gasteiger partial charge on any atom is -0.260 e. The Bertz CT molecular complexity index is 529. The van der Waals surface area contributed by atoms with Crippen LogP contribution in [0, 0.1) is 6.92 Å². The molecule has 2 rings (SSSR count). The van der Waals surface area contributed by atoms with E-state index in [2.05, 4.69) is 27.6 Å². The van der Waals surface area contributed by atoms with Gasteiger partial charge in [-0.3, -0.25) is 4.98 Å². The van der Waals surface area contributed by atoms with Gasteiger partial charge in [0.2, 0.25) is 0 Å². The lowest BCUT2D eigenvalue weighted by atomic mass is 10.2. The van der Waals surface area contributed by atoms with Crippen LogP contribution in [0.3, 0.4) is 0 Å².